The first-order valence-corrected chi connectivity index (χ1v) is 8.59. The summed E-state index contributed by atoms with van der Waals surface area (Å²) in [7, 11) is 1.33. The average molecular weight is 393 g/mol. The smallest absolute Gasteiger partial charge is 0.332 e. The van der Waals surface area contributed by atoms with Gasteiger partial charge in [0.1, 0.15) is 11.6 Å². The summed E-state index contributed by atoms with van der Waals surface area (Å²) in [6, 6.07) is 4.39. The molecule has 0 amide bonds. The second kappa shape index (κ2) is 8.36. The number of carboxylic acids is 1. The third-order valence-electron chi connectivity index (χ3n) is 4.78. The Balaban J connectivity index is 0.00000280. The maximum absolute atomic E-state index is 13.7. The van der Waals surface area contributed by atoms with Crippen molar-refractivity contribution in [3.8, 4) is 0 Å². The van der Waals surface area contributed by atoms with E-state index in [1.807, 2.05) is 4.90 Å². The Labute approximate surface area is 160 Å². The molecular weight excluding hydrogens is 369 g/mol. The number of carbonyl (C=O) groups excluding carboxylic acids is 1. The van der Waals surface area contributed by atoms with Crippen LogP contribution in [0.5, 0.6) is 0 Å². The van der Waals surface area contributed by atoms with Gasteiger partial charge in [-0.15, -0.1) is 0 Å². The normalized spacial score (nSPS) is 16.5. The summed E-state index contributed by atoms with van der Waals surface area (Å²) in [6.45, 7) is 0.856. The molecule has 0 saturated carbocycles. The number of carboxylic acid groups (broad SMARTS) is 1. The number of aromatic carboxylic acids is 1. The minimum Gasteiger partial charge on any atom is -0.545 e. The third kappa shape index (κ3) is 4.12. The molecule has 0 bridgehead atoms. The second-order valence-electron chi connectivity index (χ2n) is 6.71. The molecule has 1 fully saturated rings. The number of anilines is 1. The fourth-order valence-corrected chi connectivity index (χ4v) is 3.35. The molecule has 0 radical (unpaired) electrons. The number of aromatic nitrogens is 2. The maximum atomic E-state index is 13.7. The van der Waals surface area contributed by atoms with Gasteiger partial charge in [0, 0.05) is 37.8 Å². The molecular formula is C18H24FN5O4. The van der Waals surface area contributed by atoms with Gasteiger partial charge in [0.15, 0.2) is 0 Å². The van der Waals surface area contributed by atoms with Gasteiger partial charge in [0.05, 0.1) is 12.5 Å². The highest BCUT2D eigenvalue weighted by Gasteiger charge is 2.22. The minimum atomic E-state index is -1.47. The molecule has 1 aliphatic heterocycles. The standard InChI is InChI=1S/C18H21FN4O4.H3N/c1-21-16(24)8-15(22-6-2-3-13(20)10-22)23(18(21)27)9-11-7-12(19)4-5-14(11)17(25)26;/h4-5,7-8,13H,2-3,6,9-10,20H2,1H3,(H,25,26);1H3/t13-;/m1./s1. The highest BCUT2D eigenvalue weighted by molar-refractivity contribution is 5.87. The van der Waals surface area contributed by atoms with Gasteiger partial charge in [-0.3, -0.25) is 13.9 Å². The highest BCUT2D eigenvalue weighted by atomic mass is 19.1. The number of nitrogens with zero attached hydrogens (tertiary/aromatic N) is 3. The lowest BCUT2D eigenvalue weighted by atomic mass is 10.1. The molecule has 1 aliphatic rings. The molecule has 2 aromatic rings. The fourth-order valence-electron chi connectivity index (χ4n) is 3.35. The zero-order chi connectivity index (χ0) is 19.7. The van der Waals surface area contributed by atoms with Crippen molar-refractivity contribution in [2.24, 2.45) is 12.8 Å². The molecule has 0 aliphatic carbocycles. The van der Waals surface area contributed by atoms with E-state index in [2.05, 4.69) is 0 Å². The van der Waals surface area contributed by atoms with Crippen LogP contribution < -0.4 is 33.1 Å². The van der Waals surface area contributed by atoms with Crippen molar-refractivity contribution < 1.29 is 14.3 Å². The molecule has 10 heteroatoms. The van der Waals surface area contributed by atoms with Crippen LogP contribution in [0.1, 0.15) is 28.8 Å². The van der Waals surface area contributed by atoms with E-state index in [-0.39, 0.29) is 29.9 Å². The Morgan fingerprint density at radius 2 is 2.04 bits per heavy atom. The Bertz CT molecular complexity index is 1000. The van der Waals surface area contributed by atoms with Crippen LogP contribution in [-0.2, 0) is 13.6 Å². The first kappa shape index (κ1) is 21.3. The topological polar surface area (TPSA) is 150 Å². The number of quaternary nitrogens is 1. The lowest BCUT2D eigenvalue weighted by molar-refractivity contribution is -0.255. The molecule has 0 unspecified atom stereocenters. The van der Waals surface area contributed by atoms with Crippen molar-refractivity contribution in [2.45, 2.75) is 25.4 Å². The van der Waals surface area contributed by atoms with E-state index in [9.17, 15) is 23.9 Å². The quantitative estimate of drug-likeness (QED) is 0.708. The Hall–Kier alpha value is -2.98. The first-order chi connectivity index (χ1) is 12.8. The number of hydrogen-bond donors (Lipinski definition) is 2. The average Bonchev–Trinajstić information content (AvgIpc) is 2.61. The monoisotopic (exact) mass is 393 g/mol. The fraction of sp³-hybridized carbons (Fsp3) is 0.389. The summed E-state index contributed by atoms with van der Waals surface area (Å²) in [5.74, 6) is -1.76. The lowest BCUT2D eigenvalue weighted by Gasteiger charge is -2.34. The Morgan fingerprint density at radius 1 is 1.32 bits per heavy atom. The molecule has 1 saturated heterocycles. The van der Waals surface area contributed by atoms with E-state index in [1.54, 1.807) is 0 Å². The minimum absolute atomic E-state index is 0. The van der Waals surface area contributed by atoms with Gasteiger partial charge < -0.3 is 26.7 Å². The van der Waals surface area contributed by atoms with Crippen molar-refractivity contribution in [3.63, 3.8) is 0 Å². The zero-order valence-corrected chi connectivity index (χ0v) is 15.9. The molecule has 28 heavy (non-hydrogen) atoms. The molecule has 9 nitrogen and oxygen atoms in total. The van der Waals surface area contributed by atoms with Gasteiger partial charge in [-0.25, -0.2) is 9.18 Å². The number of halogens is 1. The Morgan fingerprint density at radius 3 is 2.68 bits per heavy atom. The van der Waals surface area contributed by atoms with Crippen LogP contribution in [0.4, 0.5) is 10.2 Å². The summed E-state index contributed by atoms with van der Waals surface area (Å²) < 4.78 is 15.9. The van der Waals surface area contributed by atoms with Crippen LogP contribution in [0.3, 0.4) is 0 Å². The van der Waals surface area contributed by atoms with Gasteiger partial charge in [0.25, 0.3) is 5.56 Å². The van der Waals surface area contributed by atoms with Gasteiger partial charge in [-0.2, -0.15) is 0 Å². The number of benzene rings is 1. The number of carbonyl (C=O) groups is 1. The highest BCUT2D eigenvalue weighted by Crippen LogP contribution is 2.19. The summed E-state index contributed by atoms with van der Waals surface area (Å²) in [5, 5.41) is 11.4. The van der Waals surface area contributed by atoms with Crippen molar-refractivity contribution in [3.05, 3.63) is 62.0 Å². The molecule has 3 rings (SSSR count). The second-order valence-corrected chi connectivity index (χ2v) is 6.71. The van der Waals surface area contributed by atoms with E-state index in [1.165, 1.54) is 17.7 Å². The van der Waals surface area contributed by atoms with E-state index >= 15 is 0 Å². The van der Waals surface area contributed by atoms with Crippen LogP contribution in [0.15, 0.2) is 33.9 Å². The third-order valence-corrected chi connectivity index (χ3v) is 4.78. The maximum Gasteiger partial charge on any atom is 0.332 e. The molecule has 1 aromatic heterocycles. The van der Waals surface area contributed by atoms with Crippen molar-refractivity contribution in [1.29, 1.82) is 0 Å². The van der Waals surface area contributed by atoms with Crippen LogP contribution in [0.25, 0.3) is 0 Å². The Kier molecular flexibility index (Phi) is 6.37. The predicted molar refractivity (Wildman–Crippen MR) is 101 cm³/mol. The van der Waals surface area contributed by atoms with Crippen LogP contribution in [0.2, 0.25) is 0 Å². The summed E-state index contributed by atoms with van der Waals surface area (Å²) in [6.07, 6.45) is 1.64. The molecule has 1 aromatic carbocycles. The lowest BCUT2D eigenvalue weighted by Crippen LogP contribution is -2.47. The first-order valence-electron chi connectivity index (χ1n) is 8.59. The summed E-state index contributed by atoms with van der Waals surface area (Å²) in [4.78, 5) is 38.0. The zero-order valence-electron chi connectivity index (χ0n) is 15.9. The molecule has 152 valence electrons. The SMILES string of the molecule is Cn1c(=O)cc(N2CCC[C@@H](N)C2)n(Cc2cc(F)ccc2C(=O)[O-])c1=O.[NH4+]. The van der Waals surface area contributed by atoms with Crippen LogP contribution >= 0.6 is 0 Å². The van der Waals surface area contributed by atoms with Gasteiger partial charge in [-0.1, -0.05) is 0 Å². The number of rotatable bonds is 4. The van der Waals surface area contributed by atoms with Gasteiger partial charge >= 0.3 is 5.69 Å². The number of piperidine rings is 1. The van der Waals surface area contributed by atoms with E-state index in [4.69, 9.17) is 5.73 Å². The van der Waals surface area contributed by atoms with Crippen molar-refractivity contribution >= 4 is 11.8 Å². The predicted octanol–water partition coefficient (Wildman–Crippen LogP) is -0.598. The molecule has 6 N–H and O–H groups in total. The van der Waals surface area contributed by atoms with E-state index < -0.39 is 23.0 Å². The summed E-state index contributed by atoms with van der Waals surface area (Å²) >= 11 is 0. The van der Waals surface area contributed by atoms with E-state index in [0.717, 1.165) is 35.6 Å². The molecule has 1 atom stereocenters. The van der Waals surface area contributed by atoms with E-state index in [0.29, 0.717) is 18.9 Å². The number of nitrogens with two attached hydrogens (primary N) is 1. The largest absolute Gasteiger partial charge is 0.545 e. The van der Waals surface area contributed by atoms with Crippen LogP contribution in [-0.4, -0.2) is 34.2 Å². The van der Waals surface area contributed by atoms with Crippen LogP contribution in [0, 0.1) is 5.82 Å². The molecule has 0 spiro atoms. The van der Waals surface area contributed by atoms with Crippen molar-refractivity contribution in [1.82, 2.24) is 15.3 Å². The van der Waals surface area contributed by atoms with Crippen molar-refractivity contribution in [2.75, 3.05) is 18.0 Å². The van der Waals surface area contributed by atoms with Gasteiger partial charge in [-0.05, 0) is 36.6 Å². The van der Waals surface area contributed by atoms with Gasteiger partial charge in [0.2, 0.25) is 0 Å². The molecule has 2 heterocycles. The number of hydrogen-bond acceptors (Lipinski definition) is 6. The summed E-state index contributed by atoms with van der Waals surface area (Å²) in [5.41, 5.74) is 4.78.